The maximum absolute atomic E-state index is 12.3. The summed E-state index contributed by atoms with van der Waals surface area (Å²) in [5.41, 5.74) is 0.481. The Balaban J connectivity index is 0.00000220. The Labute approximate surface area is 134 Å². The molecule has 1 heterocycles. The van der Waals surface area contributed by atoms with Gasteiger partial charge in [0.2, 0.25) is 0 Å². The van der Waals surface area contributed by atoms with E-state index in [4.69, 9.17) is 11.6 Å². The van der Waals surface area contributed by atoms with Crippen LogP contribution in [0.4, 0.5) is 5.69 Å². The summed E-state index contributed by atoms with van der Waals surface area (Å²) in [6.07, 6.45) is 0. The van der Waals surface area contributed by atoms with Crippen LogP contribution in [0, 0.1) is 10.1 Å². The molecule has 1 aliphatic heterocycles. The van der Waals surface area contributed by atoms with Crippen molar-refractivity contribution >= 4 is 35.6 Å². The number of piperazine rings is 1. The van der Waals surface area contributed by atoms with Crippen LogP contribution >= 0.6 is 24.0 Å². The average Bonchev–Trinajstić information content (AvgIpc) is 2.48. The van der Waals surface area contributed by atoms with Crippen LogP contribution in [0.25, 0.3) is 0 Å². The lowest BCUT2D eigenvalue weighted by Gasteiger charge is -2.34. The van der Waals surface area contributed by atoms with Gasteiger partial charge in [-0.25, -0.2) is 0 Å². The molecule has 0 atom stereocenters. The highest BCUT2D eigenvalue weighted by Crippen LogP contribution is 2.14. The number of benzene rings is 1. The van der Waals surface area contributed by atoms with E-state index in [1.54, 1.807) is 4.90 Å². The topological polar surface area (TPSA) is 66.7 Å². The summed E-state index contributed by atoms with van der Waals surface area (Å²) in [5, 5.41) is 10.6. The number of alkyl halides is 1. The van der Waals surface area contributed by atoms with E-state index >= 15 is 0 Å². The first-order valence-electron chi connectivity index (χ1n) is 6.44. The summed E-state index contributed by atoms with van der Waals surface area (Å²) < 4.78 is 0. The molecule has 1 aliphatic rings. The number of non-ortho nitro benzene ring substituents is 1. The van der Waals surface area contributed by atoms with Crippen LogP contribution in [-0.4, -0.2) is 59.2 Å². The molecule has 1 amide bonds. The summed E-state index contributed by atoms with van der Waals surface area (Å²) in [5.74, 6) is 0.515. The first-order valence-corrected chi connectivity index (χ1v) is 6.97. The molecule has 0 aromatic heterocycles. The van der Waals surface area contributed by atoms with Crippen molar-refractivity contribution in [1.29, 1.82) is 0 Å². The third-order valence-electron chi connectivity index (χ3n) is 3.39. The molecule has 1 aromatic carbocycles. The average molecular weight is 334 g/mol. The Morgan fingerprint density at radius 3 is 2.24 bits per heavy atom. The van der Waals surface area contributed by atoms with Gasteiger partial charge >= 0.3 is 0 Å². The van der Waals surface area contributed by atoms with Gasteiger partial charge in [-0.3, -0.25) is 19.8 Å². The highest BCUT2D eigenvalue weighted by atomic mass is 35.5. The zero-order valence-corrected chi connectivity index (χ0v) is 13.0. The second kappa shape index (κ2) is 8.17. The summed E-state index contributed by atoms with van der Waals surface area (Å²) in [6, 6.07) is 5.73. The minimum absolute atomic E-state index is 0. The summed E-state index contributed by atoms with van der Waals surface area (Å²) in [6.45, 7) is 3.78. The lowest BCUT2D eigenvalue weighted by atomic mass is 10.1. The molecule has 116 valence electrons. The minimum Gasteiger partial charge on any atom is -0.336 e. The van der Waals surface area contributed by atoms with Gasteiger partial charge in [0.15, 0.2) is 0 Å². The molecule has 0 spiro atoms. The molecule has 0 radical (unpaired) electrons. The number of halogens is 2. The van der Waals surface area contributed by atoms with Crippen LogP contribution in [0.2, 0.25) is 0 Å². The maximum atomic E-state index is 12.3. The van der Waals surface area contributed by atoms with Crippen LogP contribution in [0.5, 0.6) is 0 Å². The number of carbonyl (C=O) groups excluding carboxylic acids is 1. The fourth-order valence-corrected chi connectivity index (χ4v) is 2.44. The van der Waals surface area contributed by atoms with Gasteiger partial charge in [-0.2, -0.15) is 0 Å². The third kappa shape index (κ3) is 4.56. The van der Waals surface area contributed by atoms with Crippen molar-refractivity contribution in [3.63, 3.8) is 0 Å². The fraction of sp³-hybridized carbons (Fsp3) is 0.462. The maximum Gasteiger partial charge on any atom is 0.269 e. The number of amides is 1. The Morgan fingerprint density at radius 1 is 1.19 bits per heavy atom. The van der Waals surface area contributed by atoms with Crippen LogP contribution in [0.15, 0.2) is 24.3 Å². The number of nitro groups is 1. The number of nitrogens with zero attached hydrogens (tertiary/aromatic N) is 3. The highest BCUT2D eigenvalue weighted by molar-refractivity contribution is 6.18. The van der Waals surface area contributed by atoms with E-state index in [0.29, 0.717) is 24.5 Å². The molecule has 6 nitrogen and oxygen atoms in total. The number of hydrogen-bond acceptors (Lipinski definition) is 4. The third-order valence-corrected chi connectivity index (χ3v) is 3.55. The predicted molar refractivity (Wildman–Crippen MR) is 83.4 cm³/mol. The van der Waals surface area contributed by atoms with E-state index in [1.165, 1.54) is 24.3 Å². The van der Waals surface area contributed by atoms with Crippen molar-refractivity contribution < 1.29 is 9.72 Å². The molecule has 1 fully saturated rings. The van der Waals surface area contributed by atoms with Gasteiger partial charge < -0.3 is 4.90 Å². The first-order chi connectivity index (χ1) is 9.61. The van der Waals surface area contributed by atoms with Crippen LogP contribution in [0.3, 0.4) is 0 Å². The highest BCUT2D eigenvalue weighted by Gasteiger charge is 2.22. The molecule has 2 rings (SSSR count). The molecule has 0 aliphatic carbocycles. The van der Waals surface area contributed by atoms with Crippen LogP contribution in [-0.2, 0) is 0 Å². The van der Waals surface area contributed by atoms with Crippen molar-refractivity contribution in [2.75, 3.05) is 38.6 Å². The first kappa shape index (κ1) is 17.7. The Morgan fingerprint density at radius 2 is 1.76 bits per heavy atom. The van der Waals surface area contributed by atoms with Crippen molar-refractivity contribution in [3.8, 4) is 0 Å². The van der Waals surface area contributed by atoms with Gasteiger partial charge in [0.05, 0.1) is 4.92 Å². The van der Waals surface area contributed by atoms with E-state index in [0.717, 1.165) is 19.6 Å². The van der Waals surface area contributed by atoms with E-state index < -0.39 is 4.92 Å². The zero-order chi connectivity index (χ0) is 14.5. The van der Waals surface area contributed by atoms with Crippen molar-refractivity contribution in [1.82, 2.24) is 9.80 Å². The quantitative estimate of drug-likeness (QED) is 0.480. The summed E-state index contributed by atoms with van der Waals surface area (Å²) >= 11 is 5.69. The van der Waals surface area contributed by atoms with Crippen LogP contribution in [0.1, 0.15) is 10.4 Å². The lowest BCUT2D eigenvalue weighted by Crippen LogP contribution is -2.49. The molecule has 1 aromatic rings. The Hall–Kier alpha value is -1.37. The normalized spacial score (nSPS) is 15.4. The molecule has 0 bridgehead atoms. The van der Waals surface area contributed by atoms with Gasteiger partial charge in [0.1, 0.15) is 0 Å². The second-order valence-electron chi connectivity index (χ2n) is 4.63. The van der Waals surface area contributed by atoms with Crippen LogP contribution < -0.4 is 0 Å². The largest absolute Gasteiger partial charge is 0.336 e. The Kier molecular flexibility index (Phi) is 6.87. The standard InChI is InChI=1S/C13H16ClN3O3.ClH/c14-5-6-15-7-9-16(10-8-15)13(18)11-1-3-12(4-2-11)17(19)20;/h1-4H,5-10H2;1H. The predicted octanol–water partition coefficient (Wildman–Crippen LogP) is 2.01. The number of rotatable bonds is 4. The molecular formula is C13H17Cl2N3O3. The monoisotopic (exact) mass is 333 g/mol. The van der Waals surface area contributed by atoms with Gasteiger partial charge in [-0.15, -0.1) is 24.0 Å². The van der Waals surface area contributed by atoms with E-state index in [9.17, 15) is 14.9 Å². The summed E-state index contributed by atoms with van der Waals surface area (Å²) in [4.78, 5) is 26.3. The molecule has 1 saturated heterocycles. The molecular weight excluding hydrogens is 317 g/mol. The van der Waals surface area contributed by atoms with Crippen molar-refractivity contribution in [2.45, 2.75) is 0 Å². The van der Waals surface area contributed by atoms with Gasteiger partial charge in [-0.1, -0.05) is 0 Å². The lowest BCUT2D eigenvalue weighted by molar-refractivity contribution is -0.384. The fourth-order valence-electron chi connectivity index (χ4n) is 2.20. The smallest absolute Gasteiger partial charge is 0.269 e. The SMILES string of the molecule is Cl.O=C(c1ccc([N+](=O)[O-])cc1)N1CCN(CCCl)CC1. The molecule has 0 unspecified atom stereocenters. The summed E-state index contributed by atoms with van der Waals surface area (Å²) in [7, 11) is 0. The molecule has 0 N–H and O–H groups in total. The van der Waals surface area contributed by atoms with Gasteiger partial charge in [0.25, 0.3) is 11.6 Å². The number of carbonyl (C=O) groups is 1. The van der Waals surface area contributed by atoms with E-state index in [2.05, 4.69) is 4.90 Å². The zero-order valence-electron chi connectivity index (χ0n) is 11.4. The minimum atomic E-state index is -0.473. The van der Waals surface area contributed by atoms with E-state index in [1.807, 2.05) is 0 Å². The molecule has 21 heavy (non-hydrogen) atoms. The Bertz CT molecular complexity index is 488. The number of nitro benzene ring substituents is 1. The van der Waals surface area contributed by atoms with Crippen molar-refractivity contribution in [2.24, 2.45) is 0 Å². The molecule has 0 saturated carbocycles. The van der Waals surface area contributed by atoms with Gasteiger partial charge in [0, 0.05) is 56.3 Å². The van der Waals surface area contributed by atoms with E-state index in [-0.39, 0.29) is 24.0 Å². The second-order valence-corrected chi connectivity index (χ2v) is 5.00. The van der Waals surface area contributed by atoms with Crippen molar-refractivity contribution in [3.05, 3.63) is 39.9 Å². The van der Waals surface area contributed by atoms with Gasteiger partial charge in [-0.05, 0) is 12.1 Å². The molecule has 8 heteroatoms. The number of hydrogen-bond donors (Lipinski definition) is 0.